The molecule has 1 aliphatic heterocycles. The van der Waals surface area contributed by atoms with Gasteiger partial charge in [-0.3, -0.25) is 4.79 Å². The molecule has 0 radical (unpaired) electrons. The van der Waals surface area contributed by atoms with Crippen LogP contribution in [0.5, 0.6) is 0 Å². The van der Waals surface area contributed by atoms with Crippen molar-refractivity contribution in [1.29, 1.82) is 0 Å². The number of rotatable bonds is 6. The third-order valence-electron chi connectivity index (χ3n) is 3.15. The van der Waals surface area contributed by atoms with Gasteiger partial charge in [-0.25, -0.2) is 0 Å². The van der Waals surface area contributed by atoms with Crippen LogP contribution in [0.15, 0.2) is 0 Å². The van der Waals surface area contributed by atoms with Crippen LogP contribution >= 0.6 is 12.4 Å². The average Bonchev–Trinajstić information content (AvgIpc) is 2.76. The molecular weight excluding hydrogens is 240 g/mol. The number of ether oxygens (including phenoxy) is 1. The second-order valence-electron chi connectivity index (χ2n) is 5.07. The van der Waals surface area contributed by atoms with Crippen LogP contribution in [0.4, 0.5) is 0 Å². The molecule has 1 atom stereocenters. The molecule has 1 aliphatic rings. The van der Waals surface area contributed by atoms with Gasteiger partial charge in [-0.15, -0.1) is 12.4 Å². The zero-order chi connectivity index (χ0) is 12.0. The van der Waals surface area contributed by atoms with Gasteiger partial charge in [-0.05, 0) is 39.7 Å². The van der Waals surface area contributed by atoms with E-state index >= 15 is 0 Å². The lowest BCUT2D eigenvalue weighted by molar-refractivity contribution is -0.122. The lowest BCUT2D eigenvalue weighted by Gasteiger charge is -2.23. The monoisotopic (exact) mass is 264 g/mol. The standard InChI is InChI=1S/C12H24N2O2.ClH/c1-12(2,16-3)9-14-11(15)7-6-10-5-4-8-13-10;/h10,13H,4-9H2,1-3H3,(H,14,15);1H. The van der Waals surface area contributed by atoms with E-state index in [1.54, 1.807) is 7.11 Å². The van der Waals surface area contributed by atoms with E-state index in [2.05, 4.69) is 10.6 Å². The molecule has 0 aliphatic carbocycles. The van der Waals surface area contributed by atoms with E-state index in [0.29, 0.717) is 19.0 Å². The smallest absolute Gasteiger partial charge is 0.220 e. The molecule has 1 saturated heterocycles. The van der Waals surface area contributed by atoms with Crippen molar-refractivity contribution < 1.29 is 9.53 Å². The van der Waals surface area contributed by atoms with Crippen LogP contribution in [0.1, 0.15) is 39.5 Å². The Balaban J connectivity index is 0.00000256. The van der Waals surface area contributed by atoms with Crippen molar-refractivity contribution >= 4 is 18.3 Å². The van der Waals surface area contributed by atoms with Crippen LogP contribution in [-0.4, -0.2) is 37.7 Å². The Labute approximate surface area is 110 Å². The van der Waals surface area contributed by atoms with Gasteiger partial charge in [0, 0.05) is 26.1 Å². The molecule has 17 heavy (non-hydrogen) atoms. The number of carbonyl (C=O) groups excluding carboxylic acids is 1. The van der Waals surface area contributed by atoms with Gasteiger partial charge in [0.05, 0.1) is 5.60 Å². The molecule has 2 N–H and O–H groups in total. The first-order valence-electron chi connectivity index (χ1n) is 6.09. The fourth-order valence-corrected chi connectivity index (χ4v) is 1.78. The van der Waals surface area contributed by atoms with Gasteiger partial charge in [0.15, 0.2) is 0 Å². The van der Waals surface area contributed by atoms with Crippen LogP contribution < -0.4 is 10.6 Å². The lowest BCUT2D eigenvalue weighted by atomic mass is 10.1. The van der Waals surface area contributed by atoms with Crippen molar-refractivity contribution in [2.45, 2.75) is 51.2 Å². The largest absolute Gasteiger partial charge is 0.377 e. The van der Waals surface area contributed by atoms with Gasteiger partial charge in [0.2, 0.25) is 5.91 Å². The molecule has 0 aromatic heterocycles. The van der Waals surface area contributed by atoms with Gasteiger partial charge in [-0.2, -0.15) is 0 Å². The molecular formula is C12H25ClN2O2. The molecule has 0 aromatic carbocycles. The summed E-state index contributed by atoms with van der Waals surface area (Å²) < 4.78 is 5.24. The van der Waals surface area contributed by atoms with E-state index in [1.165, 1.54) is 12.8 Å². The Bertz CT molecular complexity index is 229. The van der Waals surface area contributed by atoms with Crippen molar-refractivity contribution in [3.63, 3.8) is 0 Å². The Morgan fingerprint density at radius 3 is 2.76 bits per heavy atom. The summed E-state index contributed by atoms with van der Waals surface area (Å²) >= 11 is 0. The molecule has 4 nitrogen and oxygen atoms in total. The summed E-state index contributed by atoms with van der Waals surface area (Å²) in [5.74, 6) is 0.124. The first-order chi connectivity index (χ1) is 7.53. The molecule has 102 valence electrons. The summed E-state index contributed by atoms with van der Waals surface area (Å²) in [6.07, 6.45) is 4.00. The van der Waals surface area contributed by atoms with Gasteiger partial charge in [0.25, 0.3) is 0 Å². The normalized spacial score (nSPS) is 19.8. The van der Waals surface area contributed by atoms with E-state index in [9.17, 15) is 4.79 Å². The first kappa shape index (κ1) is 16.7. The van der Waals surface area contributed by atoms with Crippen molar-refractivity contribution in [3.05, 3.63) is 0 Å². The van der Waals surface area contributed by atoms with E-state index in [1.807, 2.05) is 13.8 Å². The predicted octanol–water partition coefficient (Wildman–Crippen LogP) is 1.48. The van der Waals surface area contributed by atoms with Crippen LogP contribution in [0.2, 0.25) is 0 Å². The Morgan fingerprint density at radius 1 is 1.53 bits per heavy atom. The Hall–Kier alpha value is -0.320. The number of nitrogens with one attached hydrogen (secondary N) is 2. The number of hydrogen-bond donors (Lipinski definition) is 2. The van der Waals surface area contributed by atoms with Gasteiger partial charge in [0.1, 0.15) is 0 Å². The minimum atomic E-state index is -0.277. The van der Waals surface area contributed by atoms with Gasteiger partial charge >= 0.3 is 0 Å². The van der Waals surface area contributed by atoms with E-state index in [4.69, 9.17) is 4.74 Å². The van der Waals surface area contributed by atoms with Crippen LogP contribution in [0.3, 0.4) is 0 Å². The molecule has 1 unspecified atom stereocenters. The summed E-state index contributed by atoms with van der Waals surface area (Å²) in [7, 11) is 1.66. The van der Waals surface area contributed by atoms with E-state index in [-0.39, 0.29) is 23.9 Å². The van der Waals surface area contributed by atoms with Crippen molar-refractivity contribution in [1.82, 2.24) is 10.6 Å². The SMILES string of the molecule is COC(C)(C)CNC(=O)CCC1CCCN1.Cl. The maximum Gasteiger partial charge on any atom is 0.220 e. The van der Waals surface area contributed by atoms with Gasteiger partial charge < -0.3 is 15.4 Å². The fourth-order valence-electron chi connectivity index (χ4n) is 1.78. The zero-order valence-electron chi connectivity index (χ0n) is 11.0. The molecule has 5 heteroatoms. The highest BCUT2D eigenvalue weighted by Gasteiger charge is 2.18. The second kappa shape index (κ2) is 7.90. The Morgan fingerprint density at radius 2 is 2.24 bits per heavy atom. The van der Waals surface area contributed by atoms with Crippen molar-refractivity contribution in [2.75, 3.05) is 20.2 Å². The summed E-state index contributed by atoms with van der Waals surface area (Å²) in [5, 5.41) is 6.30. The summed E-state index contributed by atoms with van der Waals surface area (Å²) in [5.41, 5.74) is -0.277. The molecule has 0 aromatic rings. The molecule has 0 saturated carbocycles. The third-order valence-corrected chi connectivity index (χ3v) is 3.15. The first-order valence-corrected chi connectivity index (χ1v) is 6.09. The highest BCUT2D eigenvalue weighted by molar-refractivity contribution is 5.85. The van der Waals surface area contributed by atoms with E-state index in [0.717, 1.165) is 13.0 Å². The topological polar surface area (TPSA) is 50.4 Å². The van der Waals surface area contributed by atoms with Crippen LogP contribution in [0, 0.1) is 0 Å². The maximum atomic E-state index is 11.6. The number of amides is 1. The molecule has 1 amide bonds. The van der Waals surface area contributed by atoms with Gasteiger partial charge in [-0.1, -0.05) is 0 Å². The number of halogens is 1. The predicted molar refractivity (Wildman–Crippen MR) is 71.6 cm³/mol. The molecule has 0 spiro atoms. The van der Waals surface area contributed by atoms with Crippen LogP contribution in [0.25, 0.3) is 0 Å². The Kier molecular flexibility index (Phi) is 7.75. The average molecular weight is 265 g/mol. The summed E-state index contributed by atoms with van der Waals surface area (Å²) in [6.45, 7) is 5.60. The lowest BCUT2D eigenvalue weighted by Crippen LogP contribution is -2.40. The maximum absolute atomic E-state index is 11.6. The minimum absolute atomic E-state index is 0. The minimum Gasteiger partial charge on any atom is -0.377 e. The number of carbonyl (C=O) groups is 1. The molecule has 0 bridgehead atoms. The number of hydrogen-bond acceptors (Lipinski definition) is 3. The van der Waals surface area contributed by atoms with Crippen molar-refractivity contribution in [2.24, 2.45) is 0 Å². The molecule has 1 rings (SSSR count). The zero-order valence-corrected chi connectivity index (χ0v) is 11.9. The molecule has 1 fully saturated rings. The van der Waals surface area contributed by atoms with Crippen LogP contribution in [-0.2, 0) is 9.53 Å². The third kappa shape index (κ3) is 6.86. The second-order valence-corrected chi connectivity index (χ2v) is 5.07. The van der Waals surface area contributed by atoms with E-state index < -0.39 is 0 Å². The highest BCUT2D eigenvalue weighted by Crippen LogP contribution is 2.10. The molecule has 1 heterocycles. The summed E-state index contributed by atoms with van der Waals surface area (Å²) in [4.78, 5) is 11.6. The number of methoxy groups -OCH3 is 1. The fraction of sp³-hybridized carbons (Fsp3) is 0.917. The quantitative estimate of drug-likeness (QED) is 0.764. The van der Waals surface area contributed by atoms with Crippen molar-refractivity contribution in [3.8, 4) is 0 Å². The highest BCUT2D eigenvalue weighted by atomic mass is 35.5. The summed E-state index contributed by atoms with van der Waals surface area (Å²) in [6, 6.07) is 0.543.